The maximum atomic E-state index is 12.8. The summed E-state index contributed by atoms with van der Waals surface area (Å²) in [7, 11) is 2.18. The monoisotopic (exact) mass is 344 g/mol. The van der Waals surface area contributed by atoms with Gasteiger partial charge in [-0.3, -0.25) is 9.69 Å². The van der Waals surface area contributed by atoms with Gasteiger partial charge >= 0.3 is 0 Å². The maximum Gasteiger partial charge on any atom is 0.236 e. The van der Waals surface area contributed by atoms with Crippen molar-refractivity contribution in [3.63, 3.8) is 0 Å². The molecule has 1 amide bonds. The van der Waals surface area contributed by atoms with E-state index in [0.29, 0.717) is 18.5 Å². The van der Waals surface area contributed by atoms with Crippen molar-refractivity contribution >= 4 is 5.91 Å². The van der Waals surface area contributed by atoms with Gasteiger partial charge in [0, 0.05) is 25.8 Å². The van der Waals surface area contributed by atoms with Gasteiger partial charge in [-0.2, -0.15) is 0 Å². The van der Waals surface area contributed by atoms with Crippen LogP contribution < -0.4 is 0 Å². The molecule has 1 atom stereocenters. The molecule has 2 fully saturated rings. The summed E-state index contributed by atoms with van der Waals surface area (Å²) in [4.78, 5) is 22.3. The number of imidazole rings is 1. The number of aryl methyl sites for hydroxylation is 1. The molecular formula is C20H32N4O. The highest BCUT2D eigenvalue weighted by atomic mass is 16.2. The Labute approximate surface area is 151 Å². The average Bonchev–Trinajstić information content (AvgIpc) is 3.08. The molecule has 1 aromatic heterocycles. The number of hydrogen-bond donors (Lipinski definition) is 0. The summed E-state index contributed by atoms with van der Waals surface area (Å²) in [6, 6.07) is 0.325. The van der Waals surface area contributed by atoms with Crippen LogP contribution in [0.15, 0.2) is 0 Å². The molecule has 25 heavy (non-hydrogen) atoms. The highest BCUT2D eigenvalue weighted by Gasteiger charge is 2.33. The maximum absolute atomic E-state index is 12.8. The predicted molar refractivity (Wildman–Crippen MR) is 98.4 cm³/mol. The van der Waals surface area contributed by atoms with Crippen molar-refractivity contribution in [2.75, 3.05) is 26.2 Å². The van der Waals surface area contributed by atoms with Crippen molar-refractivity contribution in [2.24, 2.45) is 7.05 Å². The van der Waals surface area contributed by atoms with Crippen LogP contribution in [-0.4, -0.2) is 51.4 Å². The summed E-state index contributed by atoms with van der Waals surface area (Å²) in [6.45, 7) is 3.51. The summed E-state index contributed by atoms with van der Waals surface area (Å²) in [5, 5.41) is 0. The fourth-order valence-electron chi connectivity index (χ4n) is 4.91. The van der Waals surface area contributed by atoms with E-state index in [1.165, 1.54) is 62.2 Å². The van der Waals surface area contributed by atoms with Gasteiger partial charge in [0.2, 0.25) is 5.91 Å². The van der Waals surface area contributed by atoms with E-state index in [9.17, 15) is 4.79 Å². The molecule has 138 valence electrons. The van der Waals surface area contributed by atoms with Crippen LogP contribution in [0.3, 0.4) is 0 Å². The van der Waals surface area contributed by atoms with Gasteiger partial charge in [0.15, 0.2) is 0 Å². The summed E-state index contributed by atoms with van der Waals surface area (Å²) in [6.07, 6.45) is 12.0. The van der Waals surface area contributed by atoms with Gasteiger partial charge in [0.25, 0.3) is 0 Å². The topological polar surface area (TPSA) is 41.4 Å². The lowest BCUT2D eigenvalue weighted by molar-refractivity contribution is -0.132. The molecule has 2 aliphatic heterocycles. The van der Waals surface area contributed by atoms with Crippen LogP contribution in [0, 0.1) is 0 Å². The third-order valence-corrected chi connectivity index (χ3v) is 6.37. The summed E-state index contributed by atoms with van der Waals surface area (Å²) >= 11 is 0. The Balaban J connectivity index is 1.47. The Morgan fingerprint density at radius 1 is 1.00 bits per heavy atom. The molecule has 4 rings (SSSR count). The first kappa shape index (κ1) is 17.1. The van der Waals surface area contributed by atoms with Crippen LogP contribution in [-0.2, 0) is 24.7 Å². The number of carbonyl (C=O) groups excluding carboxylic acids is 1. The van der Waals surface area contributed by atoms with Gasteiger partial charge in [-0.25, -0.2) is 4.98 Å². The van der Waals surface area contributed by atoms with Crippen LogP contribution >= 0.6 is 0 Å². The molecule has 2 saturated heterocycles. The third kappa shape index (κ3) is 3.48. The van der Waals surface area contributed by atoms with Gasteiger partial charge in [0.1, 0.15) is 5.82 Å². The number of likely N-dealkylation sites (tertiary alicyclic amines) is 2. The number of carbonyl (C=O) groups is 1. The molecule has 0 radical (unpaired) electrons. The first-order chi connectivity index (χ1) is 12.2. The Morgan fingerprint density at radius 2 is 1.76 bits per heavy atom. The molecule has 1 aliphatic carbocycles. The molecule has 0 N–H and O–H groups in total. The van der Waals surface area contributed by atoms with Gasteiger partial charge in [0.05, 0.1) is 18.3 Å². The minimum atomic E-state index is 0.325. The number of rotatable bonds is 3. The molecule has 3 heterocycles. The lowest BCUT2D eigenvalue weighted by Gasteiger charge is -2.27. The first-order valence-electron chi connectivity index (χ1n) is 10.3. The van der Waals surface area contributed by atoms with Crippen molar-refractivity contribution in [1.29, 1.82) is 0 Å². The van der Waals surface area contributed by atoms with E-state index in [1.807, 2.05) is 0 Å². The van der Waals surface area contributed by atoms with Crippen molar-refractivity contribution < 1.29 is 4.79 Å². The second-order valence-electron chi connectivity index (χ2n) is 8.05. The largest absolute Gasteiger partial charge is 0.342 e. The minimum absolute atomic E-state index is 0.325. The molecule has 0 aromatic carbocycles. The molecule has 3 aliphatic rings. The van der Waals surface area contributed by atoms with E-state index in [1.54, 1.807) is 0 Å². The van der Waals surface area contributed by atoms with Crippen LogP contribution in [0.4, 0.5) is 0 Å². The van der Waals surface area contributed by atoms with Crippen LogP contribution in [0.2, 0.25) is 0 Å². The van der Waals surface area contributed by atoms with Crippen LogP contribution in [0.5, 0.6) is 0 Å². The summed E-state index contributed by atoms with van der Waals surface area (Å²) < 4.78 is 2.34. The first-order valence-corrected chi connectivity index (χ1v) is 10.3. The Hall–Kier alpha value is -1.36. The predicted octanol–water partition coefficient (Wildman–Crippen LogP) is 2.84. The van der Waals surface area contributed by atoms with E-state index in [0.717, 1.165) is 38.9 Å². The fraction of sp³-hybridized carbons (Fsp3) is 0.800. The van der Waals surface area contributed by atoms with E-state index >= 15 is 0 Å². The number of nitrogens with zero attached hydrogens (tertiary/aromatic N) is 4. The number of amides is 1. The van der Waals surface area contributed by atoms with Crippen molar-refractivity contribution in [2.45, 2.75) is 70.3 Å². The Kier molecular flexibility index (Phi) is 5.11. The quantitative estimate of drug-likeness (QED) is 0.847. The number of aromatic nitrogens is 2. The van der Waals surface area contributed by atoms with Gasteiger partial charge < -0.3 is 9.47 Å². The summed E-state index contributed by atoms with van der Waals surface area (Å²) in [5.74, 6) is 1.53. The number of fused-ring (bicyclic) bond motifs is 1. The van der Waals surface area contributed by atoms with Gasteiger partial charge in [-0.05, 0) is 57.9 Å². The van der Waals surface area contributed by atoms with E-state index in [4.69, 9.17) is 4.98 Å². The van der Waals surface area contributed by atoms with E-state index in [-0.39, 0.29) is 0 Å². The van der Waals surface area contributed by atoms with Gasteiger partial charge in [-0.1, -0.05) is 12.8 Å². The van der Waals surface area contributed by atoms with Crippen molar-refractivity contribution in [3.8, 4) is 0 Å². The van der Waals surface area contributed by atoms with Crippen molar-refractivity contribution in [3.05, 3.63) is 17.2 Å². The zero-order chi connectivity index (χ0) is 17.2. The normalized spacial score (nSPS) is 25.0. The molecular weight excluding hydrogens is 312 g/mol. The molecule has 0 spiro atoms. The summed E-state index contributed by atoms with van der Waals surface area (Å²) in [5.41, 5.74) is 2.75. The molecule has 5 heteroatoms. The van der Waals surface area contributed by atoms with Crippen LogP contribution in [0.1, 0.15) is 74.6 Å². The lowest BCUT2D eigenvalue weighted by atomic mass is 10.0. The molecule has 0 bridgehead atoms. The van der Waals surface area contributed by atoms with E-state index in [2.05, 4.69) is 21.4 Å². The SMILES string of the molecule is Cn1c([C@@H]2CCCN2CC(=O)N2CCCCCC2)nc2c1CCCC2. The van der Waals surface area contributed by atoms with Crippen molar-refractivity contribution in [1.82, 2.24) is 19.4 Å². The fourth-order valence-corrected chi connectivity index (χ4v) is 4.91. The molecule has 0 saturated carbocycles. The standard InChI is InChI=1S/C20H32N4O/c1-22-17-10-5-4-9-16(17)21-20(22)18-11-8-14-24(18)15-19(25)23-12-6-2-3-7-13-23/h18H,2-15H2,1H3/t18-/m0/s1. The van der Waals surface area contributed by atoms with Crippen LogP contribution in [0.25, 0.3) is 0 Å². The van der Waals surface area contributed by atoms with Gasteiger partial charge in [-0.15, -0.1) is 0 Å². The Bertz CT molecular complexity index is 615. The molecule has 1 aromatic rings. The zero-order valence-corrected chi connectivity index (χ0v) is 15.7. The highest BCUT2D eigenvalue weighted by molar-refractivity contribution is 5.78. The highest BCUT2D eigenvalue weighted by Crippen LogP contribution is 2.33. The van der Waals surface area contributed by atoms with E-state index < -0.39 is 0 Å². The zero-order valence-electron chi connectivity index (χ0n) is 15.7. The third-order valence-electron chi connectivity index (χ3n) is 6.37. The Morgan fingerprint density at radius 3 is 2.52 bits per heavy atom. The minimum Gasteiger partial charge on any atom is -0.342 e. The second kappa shape index (κ2) is 7.48. The molecule has 0 unspecified atom stereocenters. The lowest BCUT2D eigenvalue weighted by Crippen LogP contribution is -2.41. The number of hydrogen-bond acceptors (Lipinski definition) is 3. The average molecular weight is 345 g/mol. The molecule has 5 nitrogen and oxygen atoms in total. The second-order valence-corrected chi connectivity index (χ2v) is 8.05. The smallest absolute Gasteiger partial charge is 0.236 e.